The van der Waals surface area contributed by atoms with Crippen molar-refractivity contribution in [3.8, 4) is 17.1 Å². The molecule has 2 aliphatic heterocycles. The third-order valence-corrected chi connectivity index (χ3v) is 7.81. The molecule has 2 aromatic carbocycles. The van der Waals surface area contributed by atoms with Gasteiger partial charge in [-0.25, -0.2) is 4.68 Å². The lowest BCUT2D eigenvalue weighted by atomic mass is 10.1. The van der Waals surface area contributed by atoms with Gasteiger partial charge in [-0.05, 0) is 50.2 Å². The Morgan fingerprint density at radius 3 is 2.70 bits per heavy atom. The van der Waals surface area contributed by atoms with Crippen molar-refractivity contribution in [3.63, 3.8) is 0 Å². The molecule has 9 heteroatoms. The van der Waals surface area contributed by atoms with Crippen molar-refractivity contribution in [2.45, 2.75) is 39.1 Å². The minimum atomic E-state index is 0.183. The van der Waals surface area contributed by atoms with Gasteiger partial charge in [-0.1, -0.05) is 30.3 Å². The van der Waals surface area contributed by atoms with E-state index < -0.39 is 0 Å². The van der Waals surface area contributed by atoms with Gasteiger partial charge in [0.1, 0.15) is 5.75 Å². The molecular weight excluding hydrogens is 484 g/mol. The van der Waals surface area contributed by atoms with Gasteiger partial charge < -0.3 is 19.4 Å². The highest BCUT2D eigenvalue weighted by molar-refractivity contribution is 7.71. The van der Waals surface area contributed by atoms with Crippen molar-refractivity contribution < 1.29 is 9.47 Å². The number of fused-ring (bicyclic) bond motifs is 1. The zero-order valence-corrected chi connectivity index (χ0v) is 22.1. The molecule has 2 saturated heterocycles. The van der Waals surface area contributed by atoms with Crippen LogP contribution in [0.25, 0.3) is 22.3 Å². The molecule has 2 aromatic heterocycles. The second kappa shape index (κ2) is 10.7. The maximum atomic E-state index is 6.00. The average Bonchev–Trinajstić information content (AvgIpc) is 3.66. The van der Waals surface area contributed by atoms with Crippen LogP contribution in [0, 0.1) is 4.77 Å². The minimum Gasteiger partial charge on any atom is -0.492 e. The molecule has 194 valence electrons. The SMILES string of the molecule is CCOc1ccccc1N1CCN(Cn2nc(-c3c[nH]c4ccccc34)n(CC3CCCO3)c2=S)CC1. The van der Waals surface area contributed by atoms with E-state index in [9.17, 15) is 0 Å². The van der Waals surface area contributed by atoms with Crippen molar-refractivity contribution >= 4 is 28.8 Å². The number of piperazine rings is 1. The Morgan fingerprint density at radius 2 is 1.89 bits per heavy atom. The lowest BCUT2D eigenvalue weighted by Crippen LogP contribution is -2.47. The van der Waals surface area contributed by atoms with E-state index in [4.69, 9.17) is 26.8 Å². The van der Waals surface area contributed by atoms with E-state index in [-0.39, 0.29) is 6.10 Å². The van der Waals surface area contributed by atoms with E-state index in [1.54, 1.807) is 0 Å². The first kappa shape index (κ1) is 24.2. The van der Waals surface area contributed by atoms with Crippen LogP contribution < -0.4 is 9.64 Å². The molecule has 37 heavy (non-hydrogen) atoms. The van der Waals surface area contributed by atoms with E-state index >= 15 is 0 Å². The van der Waals surface area contributed by atoms with Crippen molar-refractivity contribution in [2.75, 3.05) is 44.3 Å². The van der Waals surface area contributed by atoms with Crippen LogP contribution in [-0.4, -0.2) is 69.7 Å². The number of aromatic amines is 1. The van der Waals surface area contributed by atoms with Crippen LogP contribution in [0.1, 0.15) is 19.8 Å². The van der Waals surface area contributed by atoms with Gasteiger partial charge in [0.05, 0.1) is 31.6 Å². The van der Waals surface area contributed by atoms with E-state index in [0.717, 1.165) is 85.0 Å². The Morgan fingerprint density at radius 1 is 1.08 bits per heavy atom. The molecule has 6 rings (SSSR count). The number of rotatable bonds is 8. The summed E-state index contributed by atoms with van der Waals surface area (Å²) < 4.78 is 16.8. The normalized spacial score (nSPS) is 18.6. The molecule has 0 aliphatic carbocycles. The summed E-state index contributed by atoms with van der Waals surface area (Å²) in [5.41, 5.74) is 3.35. The van der Waals surface area contributed by atoms with Gasteiger partial charge >= 0.3 is 0 Å². The number of anilines is 1. The molecule has 2 aliphatic rings. The summed E-state index contributed by atoms with van der Waals surface area (Å²) in [6.07, 6.45) is 4.39. The minimum absolute atomic E-state index is 0.183. The van der Waals surface area contributed by atoms with E-state index in [1.807, 2.05) is 29.9 Å². The van der Waals surface area contributed by atoms with Gasteiger partial charge in [-0.3, -0.25) is 9.47 Å². The van der Waals surface area contributed by atoms with Gasteiger partial charge in [0.25, 0.3) is 0 Å². The molecule has 1 atom stereocenters. The largest absolute Gasteiger partial charge is 0.492 e. The predicted octanol–water partition coefficient (Wildman–Crippen LogP) is 4.92. The Labute approximate surface area is 222 Å². The highest BCUT2D eigenvalue weighted by Crippen LogP contribution is 2.30. The lowest BCUT2D eigenvalue weighted by Gasteiger charge is -2.36. The second-order valence-corrected chi connectivity index (χ2v) is 10.1. The smallest absolute Gasteiger partial charge is 0.199 e. The molecule has 1 unspecified atom stereocenters. The first-order valence-corrected chi connectivity index (χ1v) is 13.7. The summed E-state index contributed by atoms with van der Waals surface area (Å²) in [5, 5.41) is 6.24. The summed E-state index contributed by atoms with van der Waals surface area (Å²) in [7, 11) is 0. The number of nitrogens with one attached hydrogen (secondary N) is 1. The van der Waals surface area contributed by atoms with Crippen LogP contribution in [-0.2, 0) is 18.0 Å². The molecule has 0 spiro atoms. The van der Waals surface area contributed by atoms with Crippen LogP contribution in [0.4, 0.5) is 5.69 Å². The fourth-order valence-electron chi connectivity index (χ4n) is 5.46. The molecule has 0 saturated carbocycles. The van der Waals surface area contributed by atoms with Crippen molar-refractivity contribution in [1.29, 1.82) is 0 Å². The Kier molecular flexibility index (Phi) is 6.99. The number of benzene rings is 2. The van der Waals surface area contributed by atoms with E-state index in [1.165, 1.54) is 5.69 Å². The van der Waals surface area contributed by atoms with E-state index in [0.29, 0.717) is 13.3 Å². The number of para-hydroxylation sites is 3. The molecule has 0 amide bonds. The third kappa shape index (κ3) is 4.91. The van der Waals surface area contributed by atoms with Gasteiger partial charge in [0, 0.05) is 55.4 Å². The summed E-state index contributed by atoms with van der Waals surface area (Å²) in [5.74, 6) is 1.86. The topological polar surface area (TPSA) is 63.5 Å². The highest BCUT2D eigenvalue weighted by atomic mass is 32.1. The Hall–Kier alpha value is -3.14. The average molecular weight is 519 g/mol. The fourth-order valence-corrected chi connectivity index (χ4v) is 5.72. The molecular formula is C28H34N6O2S. The highest BCUT2D eigenvalue weighted by Gasteiger charge is 2.24. The third-order valence-electron chi connectivity index (χ3n) is 7.38. The molecule has 4 aromatic rings. The lowest BCUT2D eigenvalue weighted by molar-refractivity contribution is 0.0966. The summed E-state index contributed by atoms with van der Waals surface area (Å²) >= 11 is 6.00. The molecule has 1 N–H and O–H groups in total. The van der Waals surface area contributed by atoms with Gasteiger partial charge in [-0.15, -0.1) is 0 Å². The van der Waals surface area contributed by atoms with Crippen molar-refractivity contribution in [3.05, 3.63) is 59.5 Å². The zero-order chi connectivity index (χ0) is 25.2. The van der Waals surface area contributed by atoms with Crippen LogP contribution in [0.3, 0.4) is 0 Å². The van der Waals surface area contributed by atoms with Gasteiger partial charge in [0.15, 0.2) is 10.6 Å². The molecule has 0 bridgehead atoms. The standard InChI is InChI=1S/C28H34N6O2S/c1-2-35-26-12-6-5-11-25(26)32-15-13-31(14-16-32)20-34-28(37)33(19-21-8-7-17-36-21)27(30-34)23-18-29-24-10-4-3-9-22(23)24/h3-6,9-12,18,21,29H,2,7-8,13-17,19-20H2,1H3. The first-order valence-electron chi connectivity index (χ1n) is 13.3. The number of hydrogen-bond acceptors (Lipinski definition) is 6. The van der Waals surface area contributed by atoms with Crippen molar-refractivity contribution in [2.24, 2.45) is 0 Å². The van der Waals surface area contributed by atoms with Crippen LogP contribution >= 0.6 is 12.2 Å². The number of hydrogen-bond donors (Lipinski definition) is 1. The van der Waals surface area contributed by atoms with Gasteiger partial charge in [-0.2, -0.15) is 5.10 Å². The summed E-state index contributed by atoms with van der Waals surface area (Å²) in [6, 6.07) is 16.7. The van der Waals surface area contributed by atoms with E-state index in [2.05, 4.69) is 55.7 Å². The zero-order valence-electron chi connectivity index (χ0n) is 21.3. The predicted molar refractivity (Wildman–Crippen MR) is 149 cm³/mol. The molecule has 8 nitrogen and oxygen atoms in total. The quantitative estimate of drug-likeness (QED) is 0.334. The van der Waals surface area contributed by atoms with Crippen LogP contribution in [0.2, 0.25) is 0 Å². The summed E-state index contributed by atoms with van der Waals surface area (Å²) in [4.78, 5) is 8.24. The molecule has 4 heterocycles. The fraction of sp³-hybridized carbons (Fsp3) is 0.429. The maximum absolute atomic E-state index is 6.00. The number of H-pyrrole nitrogens is 1. The first-order chi connectivity index (χ1) is 18.2. The second-order valence-electron chi connectivity index (χ2n) is 9.75. The Bertz CT molecular complexity index is 1410. The molecule has 2 fully saturated rings. The maximum Gasteiger partial charge on any atom is 0.199 e. The number of aromatic nitrogens is 4. The monoisotopic (exact) mass is 518 g/mol. The number of nitrogens with zero attached hydrogens (tertiary/aromatic N) is 5. The van der Waals surface area contributed by atoms with Gasteiger partial charge in [0.2, 0.25) is 0 Å². The number of ether oxygens (including phenoxy) is 2. The Balaban J connectivity index is 1.24. The summed E-state index contributed by atoms with van der Waals surface area (Å²) in [6.45, 7) is 8.66. The van der Waals surface area contributed by atoms with Crippen LogP contribution in [0.15, 0.2) is 54.7 Å². The molecule has 0 radical (unpaired) electrons. The van der Waals surface area contributed by atoms with Crippen molar-refractivity contribution in [1.82, 2.24) is 24.2 Å². The van der Waals surface area contributed by atoms with Crippen LogP contribution in [0.5, 0.6) is 5.75 Å².